The van der Waals surface area contributed by atoms with Crippen LogP contribution in [-0.4, -0.2) is 17.5 Å². The molecule has 1 N–H and O–H groups in total. The summed E-state index contributed by atoms with van der Waals surface area (Å²) in [7, 11) is 0. The second-order valence-corrected chi connectivity index (χ2v) is 14.4. The second kappa shape index (κ2) is 9.28. The average molecular weight is 518 g/mol. The minimum atomic E-state index is -0.0366. The number of hydrogen-bond donors (Lipinski definition) is 1. The minimum Gasteiger partial charge on any atom is -0.349 e. The van der Waals surface area contributed by atoms with Crippen LogP contribution >= 0.6 is 22.9 Å². The maximum absolute atomic E-state index is 13.5. The lowest BCUT2D eigenvalue weighted by molar-refractivity contribution is -0.159. The highest BCUT2D eigenvalue weighted by molar-refractivity contribution is 7.16. The van der Waals surface area contributed by atoms with Crippen LogP contribution < -0.4 is 5.32 Å². The fourth-order valence-electron chi connectivity index (χ4n) is 9.07. The van der Waals surface area contributed by atoms with E-state index in [4.69, 9.17) is 11.6 Å². The van der Waals surface area contributed by atoms with E-state index in [1.54, 1.807) is 0 Å². The van der Waals surface area contributed by atoms with E-state index in [1.807, 2.05) is 19.1 Å². The van der Waals surface area contributed by atoms with E-state index in [-0.39, 0.29) is 40.5 Å². The predicted octanol–water partition coefficient (Wildman–Crippen LogP) is 7.01. The zero-order valence-corrected chi connectivity index (χ0v) is 23.1. The normalized spacial score (nSPS) is 40.4. The number of halogens is 1. The van der Waals surface area contributed by atoms with Crippen molar-refractivity contribution in [3.8, 4) is 0 Å². The highest BCUT2D eigenvalue weighted by Crippen LogP contribution is 2.67. The molecule has 1 heterocycles. The molecule has 6 heteroatoms. The molecule has 4 aliphatic rings. The van der Waals surface area contributed by atoms with Gasteiger partial charge in [0.1, 0.15) is 11.6 Å². The van der Waals surface area contributed by atoms with E-state index in [1.165, 1.54) is 11.3 Å². The summed E-state index contributed by atoms with van der Waals surface area (Å²) in [5.74, 6) is 2.89. The molecule has 9 atom stereocenters. The van der Waals surface area contributed by atoms with Crippen molar-refractivity contribution in [2.45, 2.75) is 91.5 Å². The molecule has 6 unspecified atom stereocenters. The third-order valence-corrected chi connectivity index (χ3v) is 12.4. The number of rotatable bonds is 5. The van der Waals surface area contributed by atoms with Crippen LogP contribution in [0.25, 0.3) is 0 Å². The first-order valence-electron chi connectivity index (χ1n) is 13.6. The van der Waals surface area contributed by atoms with E-state index in [0.717, 1.165) is 41.3 Å². The Hall–Kier alpha value is -1.20. The van der Waals surface area contributed by atoms with Gasteiger partial charge in [0.25, 0.3) is 0 Å². The summed E-state index contributed by atoms with van der Waals surface area (Å²) >= 11 is 7.58. The van der Waals surface area contributed by atoms with Crippen LogP contribution in [0.5, 0.6) is 0 Å². The fraction of sp³-hybridized carbons (Fsp3) is 0.759. The molecule has 192 valence electrons. The zero-order valence-electron chi connectivity index (χ0n) is 21.6. The third kappa shape index (κ3) is 4.33. The standard InChI is InChI=1S/C29H40ClNO3S/c1-16(13-26(34)31-17(2)24-7-8-25(30)35-24)20-5-6-21-27-22(10-12-29(20,21)4)28(3)11-9-19(32)14-18(28)15-23(27)33/h7-8,16-18,20-22,27H,5-6,9-15H2,1-4H3,(H,31,34)/t16-,17?,18?,20?,21+,22+,27?,28?,29?/m1/s1. The molecule has 0 spiro atoms. The summed E-state index contributed by atoms with van der Waals surface area (Å²) in [5, 5.41) is 3.17. The molecule has 0 saturated heterocycles. The Bertz CT molecular complexity index is 1020. The maximum Gasteiger partial charge on any atom is 0.220 e. The fourth-order valence-corrected chi connectivity index (χ4v) is 10.1. The van der Waals surface area contributed by atoms with Gasteiger partial charge in [0, 0.05) is 36.5 Å². The number of ketones is 2. The minimum absolute atomic E-state index is 0.0366. The zero-order chi connectivity index (χ0) is 25.1. The van der Waals surface area contributed by atoms with Gasteiger partial charge in [0.2, 0.25) is 5.91 Å². The number of hydrogen-bond acceptors (Lipinski definition) is 4. The van der Waals surface area contributed by atoms with Crippen LogP contribution in [0.4, 0.5) is 0 Å². The molecule has 4 saturated carbocycles. The molecule has 0 radical (unpaired) electrons. The monoisotopic (exact) mass is 517 g/mol. The largest absolute Gasteiger partial charge is 0.349 e. The molecule has 1 aromatic rings. The number of nitrogens with one attached hydrogen (secondary N) is 1. The van der Waals surface area contributed by atoms with E-state index in [2.05, 4.69) is 26.1 Å². The van der Waals surface area contributed by atoms with Crippen molar-refractivity contribution >= 4 is 40.4 Å². The van der Waals surface area contributed by atoms with E-state index in [9.17, 15) is 14.4 Å². The molecular formula is C29H40ClNO3S. The maximum atomic E-state index is 13.5. The molecule has 0 aliphatic heterocycles. The lowest BCUT2D eigenvalue weighted by Crippen LogP contribution is -2.57. The highest BCUT2D eigenvalue weighted by atomic mass is 35.5. The van der Waals surface area contributed by atoms with Gasteiger partial charge in [0.15, 0.2) is 0 Å². The van der Waals surface area contributed by atoms with E-state index in [0.29, 0.717) is 55.0 Å². The second-order valence-electron chi connectivity index (χ2n) is 12.7. The smallest absolute Gasteiger partial charge is 0.220 e. The highest BCUT2D eigenvalue weighted by Gasteiger charge is 2.63. The lowest BCUT2D eigenvalue weighted by Gasteiger charge is -2.59. The van der Waals surface area contributed by atoms with Crippen molar-refractivity contribution in [2.75, 3.05) is 0 Å². The Morgan fingerprint density at radius 1 is 1.09 bits per heavy atom. The first-order valence-corrected chi connectivity index (χ1v) is 14.8. The first kappa shape index (κ1) is 25.4. The number of amides is 1. The Morgan fingerprint density at radius 2 is 1.83 bits per heavy atom. The summed E-state index contributed by atoms with van der Waals surface area (Å²) in [4.78, 5) is 39.7. The Morgan fingerprint density at radius 3 is 2.54 bits per heavy atom. The summed E-state index contributed by atoms with van der Waals surface area (Å²) < 4.78 is 0.743. The third-order valence-electron chi connectivity index (χ3n) is 11.0. The van der Waals surface area contributed by atoms with E-state index < -0.39 is 0 Å². The van der Waals surface area contributed by atoms with Gasteiger partial charge in [-0.1, -0.05) is 32.4 Å². The van der Waals surface area contributed by atoms with Gasteiger partial charge in [-0.2, -0.15) is 0 Å². The van der Waals surface area contributed by atoms with Gasteiger partial charge < -0.3 is 5.32 Å². The molecule has 4 nitrogen and oxygen atoms in total. The molecule has 1 aromatic heterocycles. The Balaban J connectivity index is 1.27. The van der Waals surface area contributed by atoms with Crippen LogP contribution in [0.1, 0.15) is 96.4 Å². The molecule has 35 heavy (non-hydrogen) atoms. The van der Waals surface area contributed by atoms with Crippen LogP contribution in [0.2, 0.25) is 4.34 Å². The van der Waals surface area contributed by atoms with Crippen molar-refractivity contribution in [1.82, 2.24) is 5.32 Å². The van der Waals surface area contributed by atoms with Crippen molar-refractivity contribution in [3.63, 3.8) is 0 Å². The summed E-state index contributed by atoms with van der Waals surface area (Å²) in [6.45, 7) is 9.06. The summed E-state index contributed by atoms with van der Waals surface area (Å²) in [5.41, 5.74) is 0.259. The van der Waals surface area contributed by atoms with Gasteiger partial charge in [-0.25, -0.2) is 0 Å². The molecule has 0 bridgehead atoms. The number of carbonyl (C=O) groups is 3. The van der Waals surface area contributed by atoms with Crippen molar-refractivity contribution in [2.24, 2.45) is 46.3 Å². The quantitative estimate of drug-likeness (QED) is 0.456. The Labute approximate surface area is 219 Å². The average Bonchev–Trinajstić information content (AvgIpc) is 3.38. The molecule has 4 fully saturated rings. The number of Topliss-reactive ketones (excluding diaryl/α,β-unsaturated/α-hetero) is 2. The lowest BCUT2D eigenvalue weighted by atomic mass is 9.44. The molecule has 1 amide bonds. The summed E-state index contributed by atoms with van der Waals surface area (Å²) in [6.07, 6.45) is 7.84. The molecule has 4 aliphatic carbocycles. The molecule has 5 rings (SSSR count). The van der Waals surface area contributed by atoms with Crippen molar-refractivity contribution in [3.05, 3.63) is 21.3 Å². The Kier molecular flexibility index (Phi) is 6.74. The van der Waals surface area contributed by atoms with Gasteiger partial charge in [-0.05, 0) is 91.6 Å². The first-order chi connectivity index (χ1) is 16.5. The van der Waals surface area contributed by atoms with Gasteiger partial charge in [-0.15, -0.1) is 11.3 Å². The van der Waals surface area contributed by atoms with Crippen molar-refractivity contribution in [1.29, 1.82) is 0 Å². The number of thiophene rings is 1. The summed E-state index contributed by atoms with van der Waals surface area (Å²) in [6, 6.07) is 3.82. The van der Waals surface area contributed by atoms with Crippen molar-refractivity contribution < 1.29 is 14.4 Å². The van der Waals surface area contributed by atoms with Crippen LogP contribution in [0.15, 0.2) is 12.1 Å². The van der Waals surface area contributed by atoms with E-state index >= 15 is 0 Å². The van der Waals surface area contributed by atoms with Crippen LogP contribution in [0.3, 0.4) is 0 Å². The SMILES string of the molecule is CC(NC(=O)C[C@@H](C)C1CC[C@H]2C3C(=O)CC4CC(=O)CCC4(C)[C@H]3CCC12C)c1ccc(Cl)s1. The van der Waals surface area contributed by atoms with Crippen LogP contribution in [-0.2, 0) is 14.4 Å². The molecular weight excluding hydrogens is 478 g/mol. The number of carbonyl (C=O) groups excluding carboxylic acids is 3. The molecule has 0 aromatic carbocycles. The number of fused-ring (bicyclic) bond motifs is 5. The predicted molar refractivity (Wildman–Crippen MR) is 140 cm³/mol. The van der Waals surface area contributed by atoms with Gasteiger partial charge >= 0.3 is 0 Å². The van der Waals surface area contributed by atoms with Gasteiger partial charge in [0.05, 0.1) is 10.4 Å². The van der Waals surface area contributed by atoms with Gasteiger partial charge in [-0.3, -0.25) is 14.4 Å². The van der Waals surface area contributed by atoms with Crippen LogP contribution in [0, 0.1) is 46.3 Å². The topological polar surface area (TPSA) is 63.2 Å².